The molecule has 26 heavy (non-hydrogen) atoms. The molecule has 0 aliphatic rings. The molecule has 0 fully saturated rings. The third-order valence-electron chi connectivity index (χ3n) is 3.35. The largest absolute Gasteiger partial charge is 0.469 e. The van der Waals surface area contributed by atoms with Crippen molar-refractivity contribution in [3.05, 3.63) is 58.0 Å². The molecule has 6 nitrogen and oxygen atoms in total. The molecule has 0 saturated heterocycles. The molecule has 3 N–H and O–H groups in total. The number of carbonyl (C=O) groups is 1. The van der Waals surface area contributed by atoms with Crippen LogP contribution < -0.4 is 16.0 Å². The zero-order valence-corrected chi connectivity index (χ0v) is 18.1. The second-order valence-corrected chi connectivity index (χ2v) is 5.95. The molecule has 2 aromatic rings. The molecule has 2 rings (SSSR count). The molecule has 9 heteroatoms. The number of guanidine groups is 1. The van der Waals surface area contributed by atoms with E-state index < -0.39 is 0 Å². The van der Waals surface area contributed by atoms with E-state index in [4.69, 9.17) is 27.6 Å². The molecule has 0 saturated carbocycles. The fourth-order valence-electron chi connectivity index (χ4n) is 2.08. The van der Waals surface area contributed by atoms with Crippen LogP contribution in [0, 0.1) is 0 Å². The third-order valence-corrected chi connectivity index (χ3v) is 4.09. The summed E-state index contributed by atoms with van der Waals surface area (Å²) in [6.45, 7) is 1.67. The third kappa shape index (κ3) is 7.43. The average Bonchev–Trinajstić information content (AvgIpc) is 3.12. The summed E-state index contributed by atoms with van der Waals surface area (Å²) in [5.41, 5.74) is 0.468. The van der Waals surface area contributed by atoms with Crippen molar-refractivity contribution in [2.24, 2.45) is 4.99 Å². The van der Waals surface area contributed by atoms with E-state index in [2.05, 4.69) is 20.9 Å². The van der Waals surface area contributed by atoms with Crippen molar-refractivity contribution >= 4 is 59.0 Å². The Labute approximate surface area is 179 Å². The molecule has 1 amide bonds. The SMILES string of the molecule is CN=C(NCCNC(=O)c1ccc(Cl)c(Cl)c1)NCCc1ccco1.I. The molecule has 0 unspecified atom stereocenters. The Morgan fingerprint density at radius 3 is 2.46 bits per heavy atom. The quantitative estimate of drug-likeness (QED) is 0.231. The first kappa shape index (κ1) is 22.6. The van der Waals surface area contributed by atoms with Gasteiger partial charge in [0.25, 0.3) is 5.91 Å². The van der Waals surface area contributed by atoms with E-state index in [-0.39, 0.29) is 29.9 Å². The van der Waals surface area contributed by atoms with Crippen LogP contribution in [-0.4, -0.2) is 38.5 Å². The molecule has 1 aromatic carbocycles. The summed E-state index contributed by atoms with van der Waals surface area (Å²) in [4.78, 5) is 16.2. The van der Waals surface area contributed by atoms with E-state index in [1.807, 2.05) is 12.1 Å². The van der Waals surface area contributed by atoms with Crippen molar-refractivity contribution in [1.29, 1.82) is 0 Å². The van der Waals surface area contributed by atoms with Crippen LogP contribution in [0.1, 0.15) is 16.1 Å². The van der Waals surface area contributed by atoms with Gasteiger partial charge in [-0.25, -0.2) is 0 Å². The first-order chi connectivity index (χ1) is 12.1. The molecule has 142 valence electrons. The van der Waals surface area contributed by atoms with Gasteiger partial charge in [-0.1, -0.05) is 23.2 Å². The molecule has 0 atom stereocenters. The zero-order chi connectivity index (χ0) is 18.1. The van der Waals surface area contributed by atoms with Crippen molar-refractivity contribution in [1.82, 2.24) is 16.0 Å². The van der Waals surface area contributed by atoms with Crippen molar-refractivity contribution in [3.63, 3.8) is 0 Å². The van der Waals surface area contributed by atoms with Crippen molar-refractivity contribution < 1.29 is 9.21 Å². The smallest absolute Gasteiger partial charge is 0.251 e. The Morgan fingerprint density at radius 2 is 1.81 bits per heavy atom. The lowest BCUT2D eigenvalue weighted by Gasteiger charge is -2.12. The lowest BCUT2D eigenvalue weighted by Crippen LogP contribution is -2.42. The van der Waals surface area contributed by atoms with Crippen LogP contribution in [-0.2, 0) is 6.42 Å². The number of hydrogen-bond donors (Lipinski definition) is 3. The number of halogens is 3. The van der Waals surface area contributed by atoms with E-state index in [9.17, 15) is 4.79 Å². The Hall–Kier alpha value is -1.45. The number of rotatable bonds is 7. The molecule has 0 spiro atoms. The molecule has 0 radical (unpaired) electrons. The van der Waals surface area contributed by atoms with Gasteiger partial charge in [0.15, 0.2) is 5.96 Å². The number of benzene rings is 1. The van der Waals surface area contributed by atoms with Crippen LogP contribution in [0.3, 0.4) is 0 Å². The molecule has 0 aliphatic carbocycles. The fraction of sp³-hybridized carbons (Fsp3) is 0.294. The van der Waals surface area contributed by atoms with E-state index in [0.717, 1.165) is 12.2 Å². The number of nitrogens with one attached hydrogen (secondary N) is 3. The standard InChI is InChI=1S/C17H20Cl2N4O2.HI/c1-20-17(22-7-6-13-3-2-10-25-13)23-9-8-21-16(24)12-4-5-14(18)15(19)11-12;/h2-5,10-11H,6-9H2,1H3,(H,21,24)(H2,20,22,23);1H. The van der Waals surface area contributed by atoms with Gasteiger partial charge >= 0.3 is 0 Å². The number of aliphatic imine (C=N–C) groups is 1. The van der Waals surface area contributed by atoms with Gasteiger partial charge in [0.05, 0.1) is 16.3 Å². The lowest BCUT2D eigenvalue weighted by atomic mass is 10.2. The number of carbonyl (C=O) groups excluding carboxylic acids is 1. The highest BCUT2D eigenvalue weighted by molar-refractivity contribution is 14.0. The Morgan fingerprint density at radius 1 is 1.08 bits per heavy atom. The number of hydrogen-bond acceptors (Lipinski definition) is 3. The van der Waals surface area contributed by atoms with Crippen LogP contribution >= 0.6 is 47.2 Å². The Kier molecular flexibility index (Phi) is 10.5. The molecular weight excluding hydrogens is 490 g/mol. The van der Waals surface area contributed by atoms with E-state index in [1.165, 1.54) is 0 Å². The molecule has 1 aromatic heterocycles. The number of furan rings is 1. The van der Waals surface area contributed by atoms with Gasteiger partial charge in [0, 0.05) is 38.7 Å². The van der Waals surface area contributed by atoms with Gasteiger partial charge in [-0.15, -0.1) is 24.0 Å². The van der Waals surface area contributed by atoms with Gasteiger partial charge in [-0.2, -0.15) is 0 Å². The summed E-state index contributed by atoms with van der Waals surface area (Å²) in [5.74, 6) is 1.37. The topological polar surface area (TPSA) is 78.7 Å². The summed E-state index contributed by atoms with van der Waals surface area (Å²) in [6, 6.07) is 8.56. The monoisotopic (exact) mass is 510 g/mol. The maximum Gasteiger partial charge on any atom is 0.251 e. The Bertz CT molecular complexity index is 724. The predicted molar refractivity (Wildman–Crippen MR) is 116 cm³/mol. The van der Waals surface area contributed by atoms with Crippen molar-refractivity contribution in [2.45, 2.75) is 6.42 Å². The minimum Gasteiger partial charge on any atom is -0.469 e. The molecule has 0 bridgehead atoms. The van der Waals surface area contributed by atoms with Crippen LogP contribution in [0.15, 0.2) is 46.0 Å². The molecule has 0 aliphatic heterocycles. The average molecular weight is 511 g/mol. The summed E-state index contributed by atoms with van der Waals surface area (Å²) in [5, 5.41) is 9.88. The number of nitrogens with zero attached hydrogens (tertiary/aromatic N) is 1. The van der Waals surface area contributed by atoms with Crippen LogP contribution in [0.25, 0.3) is 0 Å². The summed E-state index contributed by atoms with van der Waals surface area (Å²) in [6.07, 6.45) is 2.42. The maximum atomic E-state index is 12.0. The Balaban J connectivity index is 0.00000338. The molecular formula is C17H21Cl2IN4O2. The highest BCUT2D eigenvalue weighted by atomic mass is 127. The minimum atomic E-state index is -0.207. The maximum absolute atomic E-state index is 12.0. The highest BCUT2D eigenvalue weighted by Gasteiger charge is 2.07. The van der Waals surface area contributed by atoms with Crippen LogP contribution in [0.5, 0.6) is 0 Å². The van der Waals surface area contributed by atoms with E-state index in [1.54, 1.807) is 31.5 Å². The summed E-state index contributed by atoms with van der Waals surface area (Å²) in [7, 11) is 1.69. The first-order valence-electron chi connectivity index (χ1n) is 7.80. The predicted octanol–water partition coefficient (Wildman–Crippen LogP) is 3.34. The second kappa shape index (κ2) is 12.0. The van der Waals surface area contributed by atoms with Crippen molar-refractivity contribution in [3.8, 4) is 0 Å². The highest BCUT2D eigenvalue weighted by Crippen LogP contribution is 2.22. The first-order valence-corrected chi connectivity index (χ1v) is 8.56. The summed E-state index contributed by atoms with van der Waals surface area (Å²) < 4.78 is 5.27. The van der Waals surface area contributed by atoms with Gasteiger partial charge in [0.1, 0.15) is 5.76 Å². The fourth-order valence-corrected chi connectivity index (χ4v) is 2.37. The van der Waals surface area contributed by atoms with Gasteiger partial charge in [0.2, 0.25) is 0 Å². The van der Waals surface area contributed by atoms with E-state index >= 15 is 0 Å². The number of amides is 1. The lowest BCUT2D eigenvalue weighted by molar-refractivity contribution is 0.0954. The minimum absolute atomic E-state index is 0. The van der Waals surface area contributed by atoms with E-state index in [0.29, 0.717) is 41.2 Å². The van der Waals surface area contributed by atoms with Gasteiger partial charge < -0.3 is 20.4 Å². The van der Waals surface area contributed by atoms with Crippen LogP contribution in [0.2, 0.25) is 10.0 Å². The van der Waals surface area contributed by atoms with Gasteiger partial charge in [-0.05, 0) is 30.3 Å². The second-order valence-electron chi connectivity index (χ2n) is 5.14. The normalized spacial score (nSPS) is 10.8. The van der Waals surface area contributed by atoms with Crippen molar-refractivity contribution in [2.75, 3.05) is 26.7 Å². The van der Waals surface area contributed by atoms with Gasteiger partial charge in [-0.3, -0.25) is 9.79 Å². The summed E-state index contributed by atoms with van der Waals surface area (Å²) >= 11 is 11.7. The van der Waals surface area contributed by atoms with Crippen LogP contribution in [0.4, 0.5) is 0 Å². The molecule has 1 heterocycles. The zero-order valence-electron chi connectivity index (χ0n) is 14.2.